The zero-order valence-electron chi connectivity index (χ0n) is 9.46. The summed E-state index contributed by atoms with van der Waals surface area (Å²) < 4.78 is 4.71. The maximum absolute atomic E-state index is 11.3. The van der Waals surface area contributed by atoms with E-state index in [0.29, 0.717) is 19.3 Å². The highest BCUT2D eigenvalue weighted by Gasteiger charge is 2.37. The van der Waals surface area contributed by atoms with Gasteiger partial charge in [0, 0.05) is 0 Å². The Bertz CT molecular complexity index is 304. The first-order valence-electron chi connectivity index (χ1n) is 5.51. The Morgan fingerprint density at radius 3 is 2.76 bits per heavy atom. The second kappa shape index (κ2) is 6.24. The lowest BCUT2D eigenvalue weighted by atomic mass is 9.83. The van der Waals surface area contributed by atoms with Crippen LogP contribution in [0.4, 0.5) is 4.79 Å². The molecule has 0 spiro atoms. The van der Waals surface area contributed by atoms with Crippen LogP contribution in [0.5, 0.6) is 0 Å². The molecule has 6 heteroatoms. The van der Waals surface area contributed by atoms with Crippen molar-refractivity contribution in [3.05, 3.63) is 12.7 Å². The average Bonchev–Trinajstić information content (AvgIpc) is 2.28. The smallest absolute Gasteiger partial charge is 0.407 e. The van der Waals surface area contributed by atoms with Crippen LogP contribution < -0.4 is 5.32 Å². The maximum Gasteiger partial charge on any atom is 0.407 e. The first kappa shape index (κ1) is 13.5. The van der Waals surface area contributed by atoms with Crippen LogP contribution in [0.2, 0.25) is 0 Å². The molecule has 96 valence electrons. The Kier molecular flexibility index (Phi) is 4.96. The topological polar surface area (TPSA) is 95.9 Å². The molecule has 0 aromatic heterocycles. The van der Waals surface area contributed by atoms with Crippen LogP contribution >= 0.6 is 0 Å². The third kappa shape index (κ3) is 3.74. The minimum absolute atomic E-state index is 0.0804. The van der Waals surface area contributed by atoms with Crippen molar-refractivity contribution in [2.75, 3.05) is 6.61 Å². The van der Waals surface area contributed by atoms with E-state index in [-0.39, 0.29) is 6.61 Å². The molecule has 0 heterocycles. The number of hydrogen-bond acceptors (Lipinski definition) is 4. The fourth-order valence-electron chi connectivity index (χ4n) is 1.93. The van der Waals surface area contributed by atoms with Crippen LogP contribution in [-0.2, 0) is 9.53 Å². The molecule has 1 saturated carbocycles. The van der Waals surface area contributed by atoms with Crippen molar-refractivity contribution in [2.45, 2.75) is 31.4 Å². The van der Waals surface area contributed by atoms with E-state index in [4.69, 9.17) is 9.84 Å². The number of carboxylic acid groups (broad SMARTS) is 1. The van der Waals surface area contributed by atoms with Gasteiger partial charge < -0.3 is 20.3 Å². The summed E-state index contributed by atoms with van der Waals surface area (Å²) in [5.74, 6) is -1.86. The fourth-order valence-corrected chi connectivity index (χ4v) is 1.93. The standard InChI is InChI=1S/C11H17NO5/c1-2-6-17-11(16)12-8-5-3-4-7(9(8)13)10(14)15/h2,7-9,13H,1,3-6H2,(H,12,16)(H,14,15)/t7-,8+,9-/m1/s1. The summed E-state index contributed by atoms with van der Waals surface area (Å²) in [5.41, 5.74) is 0. The molecule has 1 rings (SSSR count). The van der Waals surface area contributed by atoms with Gasteiger partial charge in [-0.2, -0.15) is 0 Å². The van der Waals surface area contributed by atoms with Gasteiger partial charge in [0.15, 0.2) is 0 Å². The van der Waals surface area contributed by atoms with Crippen LogP contribution in [0.15, 0.2) is 12.7 Å². The second-order valence-electron chi connectivity index (χ2n) is 4.00. The van der Waals surface area contributed by atoms with Gasteiger partial charge in [0.25, 0.3) is 0 Å². The number of rotatable bonds is 4. The average molecular weight is 243 g/mol. The van der Waals surface area contributed by atoms with E-state index in [0.717, 1.165) is 0 Å². The van der Waals surface area contributed by atoms with Crippen LogP contribution in [0.3, 0.4) is 0 Å². The third-order valence-electron chi connectivity index (χ3n) is 2.81. The largest absolute Gasteiger partial charge is 0.481 e. The van der Waals surface area contributed by atoms with Gasteiger partial charge in [0.2, 0.25) is 0 Å². The van der Waals surface area contributed by atoms with E-state index >= 15 is 0 Å². The monoisotopic (exact) mass is 243 g/mol. The Morgan fingerprint density at radius 1 is 1.47 bits per heavy atom. The van der Waals surface area contributed by atoms with Gasteiger partial charge in [-0.15, -0.1) is 0 Å². The molecule has 1 amide bonds. The van der Waals surface area contributed by atoms with E-state index < -0.39 is 30.1 Å². The molecule has 3 atom stereocenters. The molecule has 0 radical (unpaired) electrons. The quantitative estimate of drug-likeness (QED) is 0.625. The number of aliphatic hydroxyl groups excluding tert-OH is 1. The SMILES string of the molecule is C=CCOC(=O)N[C@H]1CCC[C@@H](C(=O)O)[C@H]1O. The lowest BCUT2D eigenvalue weighted by molar-refractivity contribution is -0.148. The number of amides is 1. The van der Waals surface area contributed by atoms with Crippen molar-refractivity contribution < 1.29 is 24.5 Å². The molecule has 0 saturated heterocycles. The number of nitrogens with one attached hydrogen (secondary N) is 1. The minimum Gasteiger partial charge on any atom is -0.481 e. The van der Waals surface area contributed by atoms with E-state index in [9.17, 15) is 14.7 Å². The van der Waals surface area contributed by atoms with E-state index in [1.54, 1.807) is 0 Å². The van der Waals surface area contributed by atoms with E-state index in [1.165, 1.54) is 6.08 Å². The zero-order valence-corrected chi connectivity index (χ0v) is 9.46. The number of ether oxygens (including phenoxy) is 1. The number of aliphatic carboxylic acids is 1. The summed E-state index contributed by atoms with van der Waals surface area (Å²) in [6.45, 7) is 3.48. The van der Waals surface area contributed by atoms with Crippen molar-refractivity contribution in [1.82, 2.24) is 5.32 Å². The van der Waals surface area contributed by atoms with Crippen molar-refractivity contribution >= 4 is 12.1 Å². The Morgan fingerprint density at radius 2 is 2.18 bits per heavy atom. The van der Waals surface area contributed by atoms with Crippen LogP contribution in [-0.4, -0.2) is 41.0 Å². The molecule has 0 aromatic carbocycles. The normalized spacial score (nSPS) is 28.2. The van der Waals surface area contributed by atoms with Gasteiger partial charge in [-0.3, -0.25) is 4.79 Å². The number of alkyl carbamates (subject to hydrolysis) is 1. The number of aliphatic hydroxyl groups is 1. The van der Waals surface area contributed by atoms with Crippen LogP contribution in [0.25, 0.3) is 0 Å². The molecule has 1 fully saturated rings. The van der Waals surface area contributed by atoms with Crippen LogP contribution in [0.1, 0.15) is 19.3 Å². The lowest BCUT2D eigenvalue weighted by Crippen LogP contribution is -2.50. The van der Waals surface area contributed by atoms with Gasteiger partial charge in [-0.05, 0) is 12.8 Å². The first-order valence-corrected chi connectivity index (χ1v) is 5.51. The highest BCUT2D eigenvalue weighted by Crippen LogP contribution is 2.25. The summed E-state index contributed by atoms with van der Waals surface area (Å²) in [6.07, 6.45) is 1.32. The summed E-state index contributed by atoms with van der Waals surface area (Å²) >= 11 is 0. The number of hydrogen-bond donors (Lipinski definition) is 3. The van der Waals surface area contributed by atoms with Gasteiger partial charge in [0.1, 0.15) is 6.61 Å². The Hall–Kier alpha value is -1.56. The van der Waals surface area contributed by atoms with Crippen LogP contribution in [0, 0.1) is 5.92 Å². The Balaban J connectivity index is 2.49. The van der Waals surface area contributed by atoms with Crippen molar-refractivity contribution in [3.8, 4) is 0 Å². The highest BCUT2D eigenvalue weighted by atomic mass is 16.5. The molecule has 0 unspecified atom stereocenters. The van der Waals surface area contributed by atoms with Gasteiger partial charge in [-0.25, -0.2) is 4.79 Å². The molecular formula is C11H17NO5. The third-order valence-corrected chi connectivity index (χ3v) is 2.81. The Labute approximate surface area is 99.3 Å². The van der Waals surface area contributed by atoms with Gasteiger partial charge in [0.05, 0.1) is 18.1 Å². The number of carbonyl (C=O) groups is 2. The summed E-state index contributed by atoms with van der Waals surface area (Å²) in [6, 6.07) is -0.567. The van der Waals surface area contributed by atoms with Gasteiger partial charge in [-0.1, -0.05) is 19.1 Å². The zero-order chi connectivity index (χ0) is 12.8. The first-order chi connectivity index (χ1) is 8.06. The highest BCUT2D eigenvalue weighted by molar-refractivity contribution is 5.72. The molecule has 17 heavy (non-hydrogen) atoms. The van der Waals surface area contributed by atoms with Crippen molar-refractivity contribution in [2.24, 2.45) is 5.92 Å². The van der Waals surface area contributed by atoms with Crippen molar-refractivity contribution in [3.63, 3.8) is 0 Å². The van der Waals surface area contributed by atoms with Gasteiger partial charge >= 0.3 is 12.1 Å². The summed E-state index contributed by atoms with van der Waals surface area (Å²) in [5, 5.41) is 21.2. The molecule has 0 aromatic rings. The number of carbonyl (C=O) groups excluding carboxylic acids is 1. The predicted molar refractivity (Wildman–Crippen MR) is 59.5 cm³/mol. The van der Waals surface area contributed by atoms with Crippen molar-refractivity contribution in [1.29, 1.82) is 0 Å². The molecule has 0 bridgehead atoms. The van der Waals surface area contributed by atoms with E-state index in [1.807, 2.05) is 0 Å². The lowest BCUT2D eigenvalue weighted by Gasteiger charge is -2.32. The molecular weight excluding hydrogens is 226 g/mol. The summed E-state index contributed by atoms with van der Waals surface area (Å²) in [4.78, 5) is 22.1. The maximum atomic E-state index is 11.3. The molecule has 0 aliphatic heterocycles. The molecule has 1 aliphatic rings. The number of carboxylic acids is 1. The second-order valence-corrected chi connectivity index (χ2v) is 4.00. The summed E-state index contributed by atoms with van der Waals surface area (Å²) in [7, 11) is 0. The molecule has 3 N–H and O–H groups in total. The van der Waals surface area contributed by atoms with E-state index in [2.05, 4.69) is 11.9 Å². The minimum atomic E-state index is -1.07. The fraction of sp³-hybridized carbons (Fsp3) is 0.636. The predicted octanol–water partition coefficient (Wildman–Crippen LogP) is 0.513. The molecule has 6 nitrogen and oxygen atoms in total. The molecule has 1 aliphatic carbocycles.